The van der Waals surface area contributed by atoms with Crippen LogP contribution in [0.5, 0.6) is 11.6 Å². The lowest BCUT2D eigenvalue weighted by Gasteiger charge is -2.13. The summed E-state index contributed by atoms with van der Waals surface area (Å²) in [4.78, 5) is 20.7. The number of benzene rings is 2. The lowest BCUT2D eigenvalue weighted by molar-refractivity contribution is 0.0963. The van der Waals surface area contributed by atoms with Gasteiger partial charge in [-0.25, -0.2) is 4.98 Å². The van der Waals surface area contributed by atoms with Crippen LogP contribution in [0, 0.1) is 0 Å². The second-order valence-corrected chi connectivity index (χ2v) is 5.40. The molecular formula is C19H19N5O3. The van der Waals surface area contributed by atoms with Gasteiger partial charge < -0.3 is 14.8 Å². The zero-order chi connectivity index (χ0) is 19.1. The normalized spacial score (nSPS) is 10.0. The predicted octanol–water partition coefficient (Wildman–Crippen LogP) is 2.99. The Morgan fingerprint density at radius 2 is 1.74 bits per heavy atom. The number of anilines is 3. The summed E-state index contributed by atoms with van der Waals surface area (Å²) in [5, 5.41) is 3.23. The third-order valence-corrected chi connectivity index (χ3v) is 3.67. The summed E-state index contributed by atoms with van der Waals surface area (Å²) in [5.74, 6) is 1.04. The van der Waals surface area contributed by atoms with E-state index in [0.717, 1.165) is 11.4 Å². The molecule has 8 heteroatoms. The summed E-state index contributed by atoms with van der Waals surface area (Å²) < 4.78 is 10.2. The number of carbonyl (C=O) groups is 1. The Bertz CT molecular complexity index is 915. The monoisotopic (exact) mass is 365 g/mol. The molecule has 1 heterocycles. The Morgan fingerprint density at radius 3 is 2.48 bits per heavy atom. The number of nitrogens with zero attached hydrogens (tertiary/aromatic N) is 2. The molecule has 3 rings (SSSR count). The van der Waals surface area contributed by atoms with Crippen molar-refractivity contribution in [2.24, 2.45) is 0 Å². The molecule has 0 unspecified atom stereocenters. The van der Waals surface area contributed by atoms with E-state index in [2.05, 4.69) is 26.1 Å². The smallest absolute Gasteiger partial charge is 0.271 e. The van der Waals surface area contributed by atoms with Gasteiger partial charge in [0.2, 0.25) is 11.8 Å². The third kappa shape index (κ3) is 4.63. The van der Waals surface area contributed by atoms with Crippen LogP contribution in [0.1, 0.15) is 10.4 Å². The molecule has 3 aromatic rings. The van der Waals surface area contributed by atoms with Gasteiger partial charge in [-0.15, -0.1) is 0 Å². The second-order valence-electron chi connectivity index (χ2n) is 5.40. The number of rotatable bonds is 7. The first-order valence-corrected chi connectivity index (χ1v) is 8.13. The minimum Gasteiger partial charge on any atom is -0.497 e. The van der Waals surface area contributed by atoms with Crippen molar-refractivity contribution in [3.63, 3.8) is 0 Å². The maximum atomic E-state index is 12.6. The van der Waals surface area contributed by atoms with E-state index in [9.17, 15) is 4.79 Å². The number of nitrogens with one attached hydrogen (secondary N) is 3. The van der Waals surface area contributed by atoms with Gasteiger partial charge in [0.1, 0.15) is 5.75 Å². The third-order valence-electron chi connectivity index (χ3n) is 3.67. The summed E-state index contributed by atoms with van der Waals surface area (Å²) in [6.07, 6.45) is 1.53. The van der Waals surface area contributed by atoms with Crippen molar-refractivity contribution in [3.05, 3.63) is 66.4 Å². The molecule has 0 aliphatic carbocycles. The van der Waals surface area contributed by atoms with Crippen LogP contribution in [0.25, 0.3) is 0 Å². The number of aromatic nitrogens is 2. The summed E-state index contributed by atoms with van der Waals surface area (Å²) in [5.41, 5.74) is 7.22. The minimum absolute atomic E-state index is 0.225. The predicted molar refractivity (Wildman–Crippen MR) is 102 cm³/mol. The van der Waals surface area contributed by atoms with Crippen molar-refractivity contribution >= 4 is 23.2 Å². The summed E-state index contributed by atoms with van der Waals surface area (Å²) in [6, 6.07) is 16.2. The number of hydrogen-bond donors (Lipinski definition) is 3. The second kappa shape index (κ2) is 8.52. The number of carbonyl (C=O) groups excluding carboxylic acids is 1. The molecule has 0 radical (unpaired) electrons. The van der Waals surface area contributed by atoms with Crippen LogP contribution < -0.4 is 25.6 Å². The molecule has 8 nitrogen and oxygen atoms in total. The molecule has 138 valence electrons. The fourth-order valence-corrected chi connectivity index (χ4v) is 2.32. The zero-order valence-corrected chi connectivity index (χ0v) is 14.9. The number of methoxy groups -OCH3 is 2. The Morgan fingerprint density at radius 1 is 0.963 bits per heavy atom. The highest BCUT2D eigenvalue weighted by Crippen LogP contribution is 2.23. The van der Waals surface area contributed by atoms with E-state index in [1.54, 1.807) is 25.3 Å². The molecule has 0 aliphatic heterocycles. The average Bonchev–Trinajstić information content (AvgIpc) is 2.73. The number of para-hydroxylation sites is 1. The van der Waals surface area contributed by atoms with E-state index >= 15 is 0 Å². The number of amides is 1. The van der Waals surface area contributed by atoms with Gasteiger partial charge in [0.25, 0.3) is 5.91 Å². The number of hydrazine groups is 1. The van der Waals surface area contributed by atoms with Gasteiger partial charge >= 0.3 is 0 Å². The van der Waals surface area contributed by atoms with Crippen molar-refractivity contribution in [1.29, 1.82) is 0 Å². The maximum Gasteiger partial charge on any atom is 0.271 e. The van der Waals surface area contributed by atoms with Gasteiger partial charge in [0, 0.05) is 18.0 Å². The summed E-state index contributed by atoms with van der Waals surface area (Å²) >= 11 is 0. The first kappa shape index (κ1) is 18.0. The van der Waals surface area contributed by atoms with Crippen LogP contribution in [0.2, 0.25) is 0 Å². The SMILES string of the molecule is COc1ccc(Nc2ccccc2C(=O)NNc2nccc(OC)n2)cc1. The van der Waals surface area contributed by atoms with E-state index in [1.807, 2.05) is 36.4 Å². The van der Waals surface area contributed by atoms with E-state index < -0.39 is 0 Å². The zero-order valence-electron chi connectivity index (χ0n) is 14.9. The van der Waals surface area contributed by atoms with Crippen LogP contribution in [-0.2, 0) is 0 Å². The highest BCUT2D eigenvalue weighted by molar-refractivity contribution is 6.00. The first-order chi connectivity index (χ1) is 13.2. The van der Waals surface area contributed by atoms with Crippen molar-refractivity contribution < 1.29 is 14.3 Å². The van der Waals surface area contributed by atoms with Gasteiger partial charge in [-0.05, 0) is 36.4 Å². The molecule has 0 spiro atoms. The van der Waals surface area contributed by atoms with Gasteiger partial charge in [0.05, 0.1) is 25.5 Å². The summed E-state index contributed by atoms with van der Waals surface area (Å²) in [7, 11) is 3.12. The molecule has 0 fully saturated rings. The molecule has 0 saturated heterocycles. The Kier molecular flexibility index (Phi) is 5.68. The Hall–Kier alpha value is -3.81. The molecule has 1 aromatic heterocycles. The van der Waals surface area contributed by atoms with Crippen molar-refractivity contribution in [2.45, 2.75) is 0 Å². The maximum absolute atomic E-state index is 12.6. The molecule has 0 bridgehead atoms. The molecule has 27 heavy (non-hydrogen) atoms. The molecule has 1 amide bonds. The minimum atomic E-state index is -0.335. The van der Waals surface area contributed by atoms with E-state index in [0.29, 0.717) is 17.1 Å². The van der Waals surface area contributed by atoms with E-state index in [4.69, 9.17) is 9.47 Å². The van der Waals surface area contributed by atoms with Crippen LogP contribution in [-0.4, -0.2) is 30.1 Å². The van der Waals surface area contributed by atoms with E-state index in [-0.39, 0.29) is 11.9 Å². The van der Waals surface area contributed by atoms with Crippen LogP contribution in [0.4, 0.5) is 17.3 Å². The Balaban J connectivity index is 1.71. The molecule has 3 N–H and O–H groups in total. The van der Waals surface area contributed by atoms with Crippen molar-refractivity contribution in [1.82, 2.24) is 15.4 Å². The van der Waals surface area contributed by atoms with E-state index in [1.165, 1.54) is 13.3 Å². The van der Waals surface area contributed by atoms with Gasteiger partial charge in [-0.3, -0.25) is 15.6 Å². The molecule has 0 atom stereocenters. The molecular weight excluding hydrogens is 346 g/mol. The molecule has 2 aromatic carbocycles. The summed E-state index contributed by atoms with van der Waals surface area (Å²) in [6.45, 7) is 0. The lowest BCUT2D eigenvalue weighted by Crippen LogP contribution is -2.30. The lowest BCUT2D eigenvalue weighted by atomic mass is 10.1. The topological polar surface area (TPSA) is 97.4 Å². The quantitative estimate of drug-likeness (QED) is 0.554. The number of hydrogen-bond acceptors (Lipinski definition) is 7. The van der Waals surface area contributed by atoms with Gasteiger partial charge in [-0.2, -0.15) is 4.98 Å². The average molecular weight is 365 g/mol. The van der Waals surface area contributed by atoms with Crippen LogP contribution in [0.3, 0.4) is 0 Å². The van der Waals surface area contributed by atoms with Crippen LogP contribution in [0.15, 0.2) is 60.8 Å². The van der Waals surface area contributed by atoms with Gasteiger partial charge in [-0.1, -0.05) is 12.1 Å². The standard InChI is InChI=1S/C19H19N5O3/c1-26-14-9-7-13(8-10-14)21-16-6-4-3-5-15(16)18(25)23-24-19-20-12-11-17(22-19)27-2/h3-12,21H,1-2H3,(H,23,25)(H,20,22,24). The molecule has 0 saturated carbocycles. The largest absolute Gasteiger partial charge is 0.497 e. The molecule has 0 aliphatic rings. The number of ether oxygens (including phenoxy) is 2. The van der Waals surface area contributed by atoms with Crippen molar-refractivity contribution in [2.75, 3.05) is 25.0 Å². The fraction of sp³-hybridized carbons (Fsp3) is 0.105. The first-order valence-electron chi connectivity index (χ1n) is 8.13. The Labute approximate surface area is 156 Å². The van der Waals surface area contributed by atoms with Gasteiger partial charge in [0.15, 0.2) is 0 Å². The van der Waals surface area contributed by atoms with Crippen molar-refractivity contribution in [3.8, 4) is 11.6 Å². The highest BCUT2D eigenvalue weighted by Gasteiger charge is 2.11. The highest BCUT2D eigenvalue weighted by atomic mass is 16.5. The fourth-order valence-electron chi connectivity index (χ4n) is 2.32. The van der Waals surface area contributed by atoms with Crippen LogP contribution >= 0.6 is 0 Å².